The lowest BCUT2D eigenvalue weighted by molar-refractivity contribution is 0.0915. The summed E-state index contributed by atoms with van der Waals surface area (Å²) in [5, 5.41) is 0. The summed E-state index contributed by atoms with van der Waals surface area (Å²) in [6.07, 6.45) is 5.51. The van der Waals surface area contributed by atoms with Crippen LogP contribution in [0.25, 0.3) is 0 Å². The number of nitrogens with zero attached hydrogens (tertiary/aromatic N) is 2. The molecule has 1 unspecified atom stereocenters. The molecule has 8 heteroatoms. The van der Waals surface area contributed by atoms with Crippen LogP contribution in [0.5, 0.6) is 11.5 Å². The molecule has 0 aliphatic heterocycles. The van der Waals surface area contributed by atoms with Gasteiger partial charge in [0.25, 0.3) is 0 Å². The van der Waals surface area contributed by atoms with Gasteiger partial charge in [0, 0.05) is 36.3 Å². The minimum absolute atomic E-state index is 0.111. The van der Waals surface area contributed by atoms with Crippen LogP contribution in [-0.2, 0) is 29.2 Å². The van der Waals surface area contributed by atoms with Crippen molar-refractivity contribution in [1.29, 1.82) is 0 Å². The topological polar surface area (TPSA) is 87.5 Å². The number of carbonyl (C=O) groups excluding carboxylic acids is 1. The number of Topliss-reactive ketones (excluding diaryl/α,β-unsaturated/α-hetero) is 1. The van der Waals surface area contributed by atoms with E-state index in [2.05, 4.69) is 21.7 Å². The zero-order valence-corrected chi connectivity index (χ0v) is 23.0. The van der Waals surface area contributed by atoms with Crippen LogP contribution in [0.15, 0.2) is 84.1 Å². The van der Waals surface area contributed by atoms with Gasteiger partial charge in [0.1, 0.15) is 11.5 Å². The van der Waals surface area contributed by atoms with Crippen LogP contribution in [0.1, 0.15) is 39.2 Å². The SMILES string of the molecule is COc1ccc(Cn2cncc2CCOc2ccc3c(c2)CCC(CS(=O)(=O)c2ccccc2)C3=O)cc1C. The van der Waals surface area contributed by atoms with Crippen LogP contribution in [-0.4, -0.2) is 43.2 Å². The largest absolute Gasteiger partial charge is 0.496 e. The molecule has 0 saturated heterocycles. The van der Waals surface area contributed by atoms with Crippen LogP contribution < -0.4 is 9.47 Å². The second kappa shape index (κ2) is 11.5. The highest BCUT2D eigenvalue weighted by atomic mass is 32.2. The molecule has 1 heterocycles. The third-order valence-electron chi connectivity index (χ3n) is 7.24. The number of methoxy groups -OCH3 is 1. The number of fused-ring (bicyclic) bond motifs is 1. The summed E-state index contributed by atoms with van der Waals surface area (Å²) in [5.41, 5.74) is 4.83. The number of carbonyl (C=O) groups is 1. The summed E-state index contributed by atoms with van der Waals surface area (Å²) in [5.74, 6) is 0.757. The van der Waals surface area contributed by atoms with E-state index in [9.17, 15) is 13.2 Å². The second-order valence-corrected chi connectivity index (χ2v) is 12.0. The molecule has 1 aliphatic carbocycles. The third-order valence-corrected chi connectivity index (χ3v) is 9.07. The molecule has 0 bridgehead atoms. The van der Waals surface area contributed by atoms with Gasteiger partial charge in [-0.25, -0.2) is 13.4 Å². The van der Waals surface area contributed by atoms with Crippen LogP contribution in [0.2, 0.25) is 0 Å². The number of rotatable bonds is 10. The Morgan fingerprint density at radius 3 is 2.64 bits per heavy atom. The van der Waals surface area contributed by atoms with Crippen molar-refractivity contribution in [2.75, 3.05) is 19.5 Å². The number of aromatic nitrogens is 2. The van der Waals surface area contributed by atoms with E-state index >= 15 is 0 Å². The van der Waals surface area contributed by atoms with E-state index in [1.54, 1.807) is 49.6 Å². The molecule has 0 N–H and O–H groups in total. The molecule has 5 rings (SSSR count). The number of ether oxygens (including phenoxy) is 2. The number of hydrogen-bond donors (Lipinski definition) is 0. The Balaban J connectivity index is 1.19. The molecule has 39 heavy (non-hydrogen) atoms. The zero-order chi connectivity index (χ0) is 27.4. The number of aryl methyl sites for hydroxylation is 2. The fraction of sp³-hybridized carbons (Fsp3) is 0.290. The smallest absolute Gasteiger partial charge is 0.179 e. The van der Waals surface area contributed by atoms with Gasteiger partial charge in [-0.1, -0.05) is 30.3 Å². The molecular formula is C31H32N2O5S. The summed E-state index contributed by atoms with van der Waals surface area (Å²) < 4.78 is 39.1. The average molecular weight is 545 g/mol. The predicted octanol–water partition coefficient (Wildman–Crippen LogP) is 5.09. The standard InChI is InChI=1S/C31H32N2O5S/c1-22-16-23(8-13-30(22)37-2)19-33-21-32-18-26(33)14-15-38-27-11-12-29-24(17-27)9-10-25(31(29)34)20-39(35,36)28-6-4-3-5-7-28/h3-8,11-13,16-18,21,25H,9-10,14-15,19-20H2,1-2H3. The Labute approximate surface area is 229 Å². The predicted molar refractivity (Wildman–Crippen MR) is 149 cm³/mol. The fourth-order valence-corrected chi connectivity index (χ4v) is 6.76. The number of benzene rings is 3. The van der Waals surface area contributed by atoms with E-state index < -0.39 is 15.8 Å². The normalized spacial score (nSPS) is 15.1. The van der Waals surface area contributed by atoms with Crippen molar-refractivity contribution in [3.8, 4) is 11.5 Å². The molecule has 1 aliphatic rings. The van der Waals surface area contributed by atoms with Gasteiger partial charge in [0.2, 0.25) is 0 Å². The Bertz CT molecular complexity index is 1580. The van der Waals surface area contributed by atoms with Crippen LogP contribution in [0.3, 0.4) is 0 Å². The molecule has 4 aromatic rings. The lowest BCUT2D eigenvalue weighted by Gasteiger charge is -2.24. The van der Waals surface area contributed by atoms with Gasteiger partial charge in [-0.05, 0) is 72.9 Å². The zero-order valence-electron chi connectivity index (χ0n) is 22.2. The molecule has 3 aromatic carbocycles. The lowest BCUT2D eigenvalue weighted by atomic mass is 9.83. The maximum absolute atomic E-state index is 13.1. The van der Waals surface area contributed by atoms with Crippen LogP contribution in [0, 0.1) is 12.8 Å². The second-order valence-electron chi connectivity index (χ2n) is 9.93. The van der Waals surface area contributed by atoms with E-state index in [1.807, 2.05) is 31.6 Å². The van der Waals surface area contributed by atoms with Gasteiger partial charge in [-0.2, -0.15) is 0 Å². The summed E-state index contributed by atoms with van der Waals surface area (Å²) in [7, 11) is -1.85. The van der Waals surface area contributed by atoms with Gasteiger partial charge in [-0.15, -0.1) is 0 Å². The number of hydrogen-bond acceptors (Lipinski definition) is 6. The van der Waals surface area contributed by atoms with E-state index in [0.29, 0.717) is 43.7 Å². The number of sulfone groups is 1. The molecule has 0 spiro atoms. The monoisotopic (exact) mass is 544 g/mol. The first-order valence-corrected chi connectivity index (χ1v) is 14.7. The molecule has 0 amide bonds. The summed E-state index contributed by atoms with van der Waals surface area (Å²) >= 11 is 0. The Morgan fingerprint density at radius 2 is 1.87 bits per heavy atom. The Hall–Kier alpha value is -3.91. The van der Waals surface area contributed by atoms with Gasteiger partial charge in [0.15, 0.2) is 15.6 Å². The molecule has 7 nitrogen and oxygen atoms in total. The molecule has 0 fully saturated rings. The van der Waals surface area contributed by atoms with Crippen molar-refractivity contribution in [3.05, 3.63) is 107 Å². The summed E-state index contributed by atoms with van der Waals surface area (Å²) in [6.45, 7) is 3.21. The molecule has 202 valence electrons. The van der Waals surface area contributed by atoms with Crippen molar-refractivity contribution in [2.45, 2.75) is 37.6 Å². The van der Waals surface area contributed by atoms with E-state index in [0.717, 1.165) is 22.6 Å². The van der Waals surface area contributed by atoms with Gasteiger partial charge < -0.3 is 14.0 Å². The highest BCUT2D eigenvalue weighted by molar-refractivity contribution is 7.91. The Kier molecular flexibility index (Phi) is 7.84. The van der Waals surface area contributed by atoms with Gasteiger partial charge >= 0.3 is 0 Å². The molecular weight excluding hydrogens is 512 g/mol. The van der Waals surface area contributed by atoms with E-state index in [-0.39, 0.29) is 16.4 Å². The van der Waals surface area contributed by atoms with Crippen molar-refractivity contribution >= 4 is 15.6 Å². The molecule has 0 radical (unpaired) electrons. The molecule has 0 saturated carbocycles. The minimum Gasteiger partial charge on any atom is -0.496 e. The highest BCUT2D eigenvalue weighted by Gasteiger charge is 2.32. The first-order valence-electron chi connectivity index (χ1n) is 13.0. The maximum atomic E-state index is 13.1. The van der Waals surface area contributed by atoms with Crippen molar-refractivity contribution in [1.82, 2.24) is 9.55 Å². The van der Waals surface area contributed by atoms with E-state index in [1.165, 1.54) is 5.56 Å². The highest BCUT2D eigenvalue weighted by Crippen LogP contribution is 2.31. The van der Waals surface area contributed by atoms with Gasteiger partial charge in [0.05, 0.1) is 30.7 Å². The fourth-order valence-electron chi connectivity index (χ4n) is 5.14. The lowest BCUT2D eigenvalue weighted by Crippen LogP contribution is -2.29. The first-order chi connectivity index (χ1) is 18.8. The van der Waals surface area contributed by atoms with Crippen LogP contribution >= 0.6 is 0 Å². The molecule has 1 atom stereocenters. The summed E-state index contributed by atoms with van der Waals surface area (Å²) in [4.78, 5) is 17.7. The van der Waals surface area contributed by atoms with Gasteiger partial charge in [-0.3, -0.25) is 4.79 Å². The minimum atomic E-state index is -3.52. The van der Waals surface area contributed by atoms with Crippen LogP contribution in [0.4, 0.5) is 0 Å². The third kappa shape index (κ3) is 6.06. The van der Waals surface area contributed by atoms with Crippen molar-refractivity contribution < 1.29 is 22.7 Å². The Morgan fingerprint density at radius 1 is 1.05 bits per heavy atom. The van der Waals surface area contributed by atoms with Crippen molar-refractivity contribution in [3.63, 3.8) is 0 Å². The maximum Gasteiger partial charge on any atom is 0.179 e. The average Bonchev–Trinajstić information content (AvgIpc) is 3.37. The number of imidazole rings is 1. The molecule has 1 aromatic heterocycles. The number of ketones is 1. The quantitative estimate of drug-likeness (QED) is 0.276. The van der Waals surface area contributed by atoms with E-state index in [4.69, 9.17) is 9.47 Å². The first kappa shape index (κ1) is 26.7. The summed E-state index contributed by atoms with van der Waals surface area (Å²) in [6, 6.07) is 20.0. The van der Waals surface area contributed by atoms with Crippen molar-refractivity contribution in [2.24, 2.45) is 5.92 Å².